The molecule has 0 saturated carbocycles. The van der Waals surface area contributed by atoms with Gasteiger partial charge in [0.1, 0.15) is 0 Å². The Kier molecular flexibility index (Phi) is 7.82. The topological polar surface area (TPSA) is 75.7 Å². The third kappa shape index (κ3) is 7.80. The summed E-state index contributed by atoms with van der Waals surface area (Å²) in [5.41, 5.74) is 2.69. The van der Waals surface area contributed by atoms with Crippen LogP contribution < -0.4 is 5.32 Å². The Morgan fingerprint density at radius 1 is 1.00 bits per heavy atom. The first-order valence-electron chi connectivity index (χ1n) is 8.68. The van der Waals surface area contributed by atoms with Crippen LogP contribution >= 0.6 is 0 Å². The lowest BCUT2D eigenvalue weighted by atomic mass is 10.1. The number of ether oxygens (including phenoxy) is 1. The molecule has 2 rings (SSSR count). The molecule has 1 N–H and O–H groups in total. The number of rotatable bonds is 9. The molecule has 0 aliphatic heterocycles. The number of urea groups is 1. The van der Waals surface area contributed by atoms with E-state index in [1.807, 2.05) is 42.5 Å². The van der Waals surface area contributed by atoms with Crippen molar-refractivity contribution in [1.29, 1.82) is 0 Å². The molecule has 0 atom stereocenters. The quantitative estimate of drug-likeness (QED) is 0.714. The molecule has 2 amide bonds. The van der Waals surface area contributed by atoms with E-state index in [0.717, 1.165) is 16.7 Å². The van der Waals surface area contributed by atoms with Crippen LogP contribution in [0, 0.1) is 0 Å². The lowest BCUT2D eigenvalue weighted by Crippen LogP contribution is -2.40. The van der Waals surface area contributed by atoms with E-state index < -0.39 is 9.84 Å². The molecule has 27 heavy (non-hydrogen) atoms. The van der Waals surface area contributed by atoms with Crippen molar-refractivity contribution in [2.45, 2.75) is 18.8 Å². The van der Waals surface area contributed by atoms with Gasteiger partial charge in [-0.1, -0.05) is 54.6 Å². The molecule has 7 heteroatoms. The van der Waals surface area contributed by atoms with Gasteiger partial charge < -0.3 is 15.0 Å². The molecule has 0 aliphatic carbocycles. The number of benzene rings is 2. The zero-order chi connectivity index (χ0) is 19.7. The van der Waals surface area contributed by atoms with Gasteiger partial charge in [0.2, 0.25) is 0 Å². The summed E-state index contributed by atoms with van der Waals surface area (Å²) in [7, 11) is -1.45. The van der Waals surface area contributed by atoms with Gasteiger partial charge in [0, 0.05) is 33.0 Å². The van der Waals surface area contributed by atoms with E-state index >= 15 is 0 Å². The number of hydrogen-bond donors (Lipinski definition) is 1. The van der Waals surface area contributed by atoms with Gasteiger partial charge in [-0.3, -0.25) is 0 Å². The van der Waals surface area contributed by atoms with Gasteiger partial charge in [-0.15, -0.1) is 0 Å². The fourth-order valence-corrected chi connectivity index (χ4v) is 3.40. The number of nitrogens with one attached hydrogen (secondary N) is 1. The second-order valence-corrected chi connectivity index (χ2v) is 8.59. The van der Waals surface area contributed by atoms with Crippen LogP contribution in [0.1, 0.15) is 16.7 Å². The first-order chi connectivity index (χ1) is 12.9. The minimum Gasteiger partial charge on any atom is -0.383 e. The van der Waals surface area contributed by atoms with Crippen molar-refractivity contribution in [3.8, 4) is 0 Å². The SMILES string of the molecule is COCCN(Cc1ccccc1)C(=O)NCc1ccc(CS(C)(=O)=O)cc1. The normalized spacial score (nSPS) is 11.2. The van der Waals surface area contributed by atoms with Gasteiger partial charge in [-0.25, -0.2) is 13.2 Å². The molecule has 0 unspecified atom stereocenters. The Balaban J connectivity index is 1.94. The molecule has 146 valence electrons. The lowest BCUT2D eigenvalue weighted by Gasteiger charge is -2.23. The zero-order valence-corrected chi connectivity index (χ0v) is 16.5. The highest BCUT2D eigenvalue weighted by Crippen LogP contribution is 2.09. The fraction of sp³-hybridized carbons (Fsp3) is 0.350. The fourth-order valence-electron chi connectivity index (χ4n) is 2.60. The molecular weight excluding hydrogens is 364 g/mol. The summed E-state index contributed by atoms with van der Waals surface area (Å²) in [5, 5.41) is 2.91. The maximum absolute atomic E-state index is 12.6. The van der Waals surface area contributed by atoms with E-state index in [1.165, 1.54) is 6.26 Å². The summed E-state index contributed by atoms with van der Waals surface area (Å²) < 4.78 is 27.8. The lowest BCUT2D eigenvalue weighted by molar-refractivity contribution is 0.146. The molecular formula is C20H26N2O4S. The van der Waals surface area contributed by atoms with Crippen LogP contribution in [0.3, 0.4) is 0 Å². The van der Waals surface area contributed by atoms with Gasteiger partial charge in [0.05, 0.1) is 12.4 Å². The van der Waals surface area contributed by atoms with Crippen molar-refractivity contribution in [3.05, 3.63) is 71.3 Å². The van der Waals surface area contributed by atoms with Gasteiger partial charge >= 0.3 is 6.03 Å². The van der Waals surface area contributed by atoms with Crippen molar-refractivity contribution >= 4 is 15.9 Å². The molecule has 0 fully saturated rings. The summed E-state index contributed by atoms with van der Waals surface area (Å²) in [6.07, 6.45) is 1.21. The van der Waals surface area contributed by atoms with Gasteiger partial charge in [-0.05, 0) is 16.7 Å². The predicted molar refractivity (Wildman–Crippen MR) is 106 cm³/mol. The molecule has 0 radical (unpaired) electrons. The highest BCUT2D eigenvalue weighted by Gasteiger charge is 2.13. The molecule has 6 nitrogen and oxygen atoms in total. The molecule has 2 aromatic rings. The summed E-state index contributed by atoms with van der Waals surface area (Å²) in [4.78, 5) is 14.3. The van der Waals surface area contributed by atoms with E-state index in [2.05, 4.69) is 5.32 Å². The third-order valence-electron chi connectivity index (χ3n) is 3.96. The first kappa shape index (κ1) is 20.9. The van der Waals surface area contributed by atoms with Crippen LogP contribution in [-0.2, 0) is 33.4 Å². The maximum Gasteiger partial charge on any atom is 0.318 e. The summed E-state index contributed by atoms with van der Waals surface area (Å²) in [6.45, 7) is 1.82. The average Bonchev–Trinajstić information content (AvgIpc) is 2.64. The summed E-state index contributed by atoms with van der Waals surface area (Å²) in [5.74, 6) is 0.0154. The highest BCUT2D eigenvalue weighted by molar-refractivity contribution is 7.89. The van der Waals surface area contributed by atoms with Crippen LogP contribution in [0.25, 0.3) is 0 Å². The second kappa shape index (κ2) is 10.1. The number of amides is 2. The van der Waals surface area contributed by atoms with Crippen molar-refractivity contribution < 1.29 is 17.9 Å². The Labute approximate surface area is 161 Å². The van der Waals surface area contributed by atoms with Crippen LogP contribution in [0.15, 0.2) is 54.6 Å². The Hall–Kier alpha value is -2.38. The molecule has 0 aliphatic rings. The zero-order valence-electron chi connectivity index (χ0n) is 15.7. The predicted octanol–water partition coefficient (Wildman–Crippen LogP) is 2.59. The monoisotopic (exact) mass is 390 g/mol. The number of carbonyl (C=O) groups is 1. The van der Waals surface area contributed by atoms with E-state index in [-0.39, 0.29) is 11.8 Å². The van der Waals surface area contributed by atoms with Crippen molar-refractivity contribution in [3.63, 3.8) is 0 Å². The van der Waals surface area contributed by atoms with Gasteiger partial charge in [0.25, 0.3) is 0 Å². The molecule has 0 aromatic heterocycles. The van der Waals surface area contributed by atoms with Crippen molar-refractivity contribution in [2.75, 3.05) is 26.5 Å². The van der Waals surface area contributed by atoms with Crippen molar-refractivity contribution in [2.24, 2.45) is 0 Å². The standard InChI is InChI=1S/C20H26N2O4S/c1-26-13-12-22(15-18-6-4-3-5-7-18)20(23)21-14-17-8-10-19(11-9-17)16-27(2,24)25/h3-11H,12-16H2,1-2H3,(H,21,23). The van der Waals surface area contributed by atoms with E-state index in [0.29, 0.717) is 26.2 Å². The molecule has 2 aromatic carbocycles. The molecule has 0 saturated heterocycles. The third-order valence-corrected chi connectivity index (χ3v) is 4.82. The second-order valence-electron chi connectivity index (χ2n) is 6.45. The summed E-state index contributed by atoms with van der Waals surface area (Å²) in [6, 6.07) is 16.8. The van der Waals surface area contributed by atoms with Crippen LogP contribution in [0.2, 0.25) is 0 Å². The molecule has 0 heterocycles. The van der Waals surface area contributed by atoms with E-state index in [1.54, 1.807) is 24.1 Å². The Morgan fingerprint density at radius 2 is 1.63 bits per heavy atom. The smallest absolute Gasteiger partial charge is 0.318 e. The Morgan fingerprint density at radius 3 is 2.22 bits per heavy atom. The minimum absolute atomic E-state index is 0.0154. The number of nitrogens with zero attached hydrogens (tertiary/aromatic N) is 1. The number of carbonyl (C=O) groups excluding carboxylic acids is 1. The summed E-state index contributed by atoms with van der Waals surface area (Å²) >= 11 is 0. The van der Waals surface area contributed by atoms with Gasteiger partial charge in [0.15, 0.2) is 9.84 Å². The van der Waals surface area contributed by atoms with E-state index in [9.17, 15) is 13.2 Å². The number of hydrogen-bond acceptors (Lipinski definition) is 4. The van der Waals surface area contributed by atoms with Crippen LogP contribution in [0.5, 0.6) is 0 Å². The molecule has 0 spiro atoms. The number of sulfone groups is 1. The Bertz CT molecular complexity index is 821. The average molecular weight is 391 g/mol. The largest absolute Gasteiger partial charge is 0.383 e. The maximum atomic E-state index is 12.6. The molecule has 0 bridgehead atoms. The highest BCUT2D eigenvalue weighted by atomic mass is 32.2. The van der Waals surface area contributed by atoms with Crippen LogP contribution in [-0.4, -0.2) is 45.9 Å². The minimum atomic E-state index is -3.05. The van der Waals surface area contributed by atoms with E-state index in [4.69, 9.17) is 4.74 Å². The van der Waals surface area contributed by atoms with Crippen LogP contribution in [0.4, 0.5) is 4.79 Å². The number of methoxy groups -OCH3 is 1. The van der Waals surface area contributed by atoms with Crippen molar-refractivity contribution in [1.82, 2.24) is 10.2 Å². The van der Waals surface area contributed by atoms with Gasteiger partial charge in [-0.2, -0.15) is 0 Å². The first-order valence-corrected chi connectivity index (χ1v) is 10.7.